The Balaban J connectivity index is 1.99. The summed E-state index contributed by atoms with van der Waals surface area (Å²) in [5, 5.41) is 2.95. The van der Waals surface area contributed by atoms with Crippen molar-refractivity contribution >= 4 is 17.5 Å². The lowest BCUT2D eigenvalue weighted by molar-refractivity contribution is -0.118. The first kappa shape index (κ1) is 19.4. The van der Waals surface area contributed by atoms with Crippen LogP contribution in [0.2, 0.25) is 0 Å². The number of hydrogen-bond acceptors (Lipinski definition) is 3. The largest absolute Gasteiger partial charge is 0.339 e. The lowest BCUT2D eigenvalue weighted by atomic mass is 10.00. The fourth-order valence-corrected chi connectivity index (χ4v) is 3.54. The van der Waals surface area contributed by atoms with Gasteiger partial charge < -0.3 is 10.2 Å². The first-order valence-electron chi connectivity index (χ1n) is 9.52. The Morgan fingerprint density at radius 3 is 2.64 bits per heavy atom. The van der Waals surface area contributed by atoms with Gasteiger partial charge in [-0.3, -0.25) is 14.5 Å². The molecule has 1 aliphatic heterocycles. The number of likely N-dealkylation sites (tertiary alicyclic amines) is 1. The molecule has 0 aliphatic carbocycles. The van der Waals surface area contributed by atoms with Crippen molar-refractivity contribution in [1.82, 2.24) is 9.80 Å². The van der Waals surface area contributed by atoms with Gasteiger partial charge in [0.25, 0.3) is 5.91 Å². The van der Waals surface area contributed by atoms with Crippen LogP contribution in [-0.2, 0) is 4.79 Å². The van der Waals surface area contributed by atoms with E-state index in [9.17, 15) is 9.59 Å². The molecule has 0 radical (unpaired) electrons. The van der Waals surface area contributed by atoms with Crippen LogP contribution < -0.4 is 5.32 Å². The molecule has 0 spiro atoms. The second-order valence-corrected chi connectivity index (χ2v) is 6.63. The van der Waals surface area contributed by atoms with Gasteiger partial charge in [0.1, 0.15) is 0 Å². The SMILES string of the molecule is CCC1CCCCN1CC(=O)Nc1cccc(C(=O)N(CC)CC)c1. The normalized spacial score (nSPS) is 18.0. The van der Waals surface area contributed by atoms with Crippen LogP contribution in [-0.4, -0.2) is 53.8 Å². The smallest absolute Gasteiger partial charge is 0.253 e. The summed E-state index contributed by atoms with van der Waals surface area (Å²) in [5.41, 5.74) is 1.30. The molecule has 1 saturated heterocycles. The lowest BCUT2D eigenvalue weighted by Crippen LogP contribution is -2.43. The molecule has 5 heteroatoms. The van der Waals surface area contributed by atoms with E-state index in [0.29, 0.717) is 36.9 Å². The van der Waals surface area contributed by atoms with Crippen LogP contribution in [0.1, 0.15) is 56.8 Å². The van der Waals surface area contributed by atoms with Gasteiger partial charge in [0.15, 0.2) is 0 Å². The number of nitrogens with one attached hydrogen (secondary N) is 1. The first-order valence-corrected chi connectivity index (χ1v) is 9.52. The summed E-state index contributed by atoms with van der Waals surface area (Å²) in [6.07, 6.45) is 4.68. The zero-order valence-corrected chi connectivity index (χ0v) is 15.8. The highest BCUT2D eigenvalue weighted by Gasteiger charge is 2.22. The van der Waals surface area contributed by atoms with E-state index in [2.05, 4.69) is 17.1 Å². The van der Waals surface area contributed by atoms with Gasteiger partial charge in [0.05, 0.1) is 6.54 Å². The molecule has 2 amide bonds. The van der Waals surface area contributed by atoms with Crippen molar-refractivity contribution in [2.45, 2.75) is 52.5 Å². The van der Waals surface area contributed by atoms with Crippen molar-refractivity contribution in [1.29, 1.82) is 0 Å². The molecule has 0 saturated carbocycles. The van der Waals surface area contributed by atoms with Crippen molar-refractivity contribution < 1.29 is 9.59 Å². The molecular weight excluding hydrogens is 314 g/mol. The predicted octanol–water partition coefficient (Wildman–Crippen LogP) is 3.37. The van der Waals surface area contributed by atoms with Crippen LogP contribution >= 0.6 is 0 Å². The van der Waals surface area contributed by atoms with E-state index in [4.69, 9.17) is 0 Å². The molecule has 2 rings (SSSR count). The molecule has 0 bridgehead atoms. The highest BCUT2D eigenvalue weighted by molar-refractivity contribution is 5.97. The molecule has 1 N–H and O–H groups in total. The van der Waals surface area contributed by atoms with E-state index in [1.165, 1.54) is 12.8 Å². The minimum Gasteiger partial charge on any atom is -0.339 e. The third-order valence-electron chi connectivity index (χ3n) is 5.01. The summed E-state index contributed by atoms with van der Waals surface area (Å²) in [5.74, 6) is -0.00374. The number of rotatable bonds is 7. The number of anilines is 1. The number of nitrogens with zero attached hydrogens (tertiary/aromatic N) is 2. The fraction of sp³-hybridized carbons (Fsp3) is 0.600. The Morgan fingerprint density at radius 1 is 1.20 bits per heavy atom. The van der Waals surface area contributed by atoms with E-state index < -0.39 is 0 Å². The minimum absolute atomic E-state index is 0.00294. The number of hydrogen-bond donors (Lipinski definition) is 1. The zero-order valence-electron chi connectivity index (χ0n) is 15.8. The summed E-state index contributed by atoms with van der Waals surface area (Å²) >= 11 is 0. The highest BCUT2D eigenvalue weighted by Crippen LogP contribution is 2.19. The summed E-state index contributed by atoms with van der Waals surface area (Å²) in [7, 11) is 0. The van der Waals surface area contributed by atoms with Gasteiger partial charge in [-0.05, 0) is 57.9 Å². The van der Waals surface area contributed by atoms with Crippen molar-refractivity contribution in [2.75, 3.05) is 31.5 Å². The van der Waals surface area contributed by atoms with Gasteiger partial charge in [-0.25, -0.2) is 0 Å². The van der Waals surface area contributed by atoms with E-state index in [-0.39, 0.29) is 11.8 Å². The molecule has 1 fully saturated rings. The minimum atomic E-state index is -0.00668. The molecule has 138 valence electrons. The molecule has 5 nitrogen and oxygen atoms in total. The number of carbonyl (C=O) groups excluding carboxylic acids is 2. The topological polar surface area (TPSA) is 52.7 Å². The second-order valence-electron chi connectivity index (χ2n) is 6.63. The van der Waals surface area contributed by atoms with Crippen LogP contribution in [0.4, 0.5) is 5.69 Å². The van der Waals surface area contributed by atoms with Crippen LogP contribution in [0.15, 0.2) is 24.3 Å². The predicted molar refractivity (Wildman–Crippen MR) is 102 cm³/mol. The fourth-order valence-electron chi connectivity index (χ4n) is 3.54. The molecular formula is C20H31N3O2. The Labute approximate surface area is 151 Å². The molecule has 1 aromatic carbocycles. The summed E-state index contributed by atoms with van der Waals surface area (Å²) in [6, 6.07) is 7.74. The maximum absolute atomic E-state index is 12.4. The number of amides is 2. The summed E-state index contributed by atoms with van der Waals surface area (Å²) < 4.78 is 0. The second kappa shape index (κ2) is 9.56. The van der Waals surface area contributed by atoms with E-state index in [1.807, 2.05) is 26.0 Å². The standard InChI is InChI=1S/C20H31N3O2/c1-4-18-12-7-8-13-23(18)15-19(24)21-17-11-9-10-16(14-17)20(25)22(5-2)6-3/h9-11,14,18H,4-8,12-13,15H2,1-3H3,(H,21,24). The van der Waals surface area contributed by atoms with Crippen molar-refractivity contribution in [3.8, 4) is 0 Å². The molecule has 1 unspecified atom stereocenters. The van der Waals surface area contributed by atoms with Gasteiger partial charge >= 0.3 is 0 Å². The highest BCUT2D eigenvalue weighted by atomic mass is 16.2. The number of carbonyl (C=O) groups is 2. The monoisotopic (exact) mass is 345 g/mol. The molecule has 25 heavy (non-hydrogen) atoms. The maximum Gasteiger partial charge on any atom is 0.253 e. The molecule has 0 aromatic heterocycles. The quantitative estimate of drug-likeness (QED) is 0.824. The zero-order chi connectivity index (χ0) is 18.2. The molecule has 1 heterocycles. The average molecular weight is 345 g/mol. The lowest BCUT2D eigenvalue weighted by Gasteiger charge is -2.34. The number of benzene rings is 1. The van der Waals surface area contributed by atoms with Crippen LogP contribution in [0, 0.1) is 0 Å². The molecule has 1 aliphatic rings. The van der Waals surface area contributed by atoms with Gasteiger partial charge in [-0.1, -0.05) is 19.4 Å². The third-order valence-corrected chi connectivity index (χ3v) is 5.01. The number of piperidine rings is 1. The van der Waals surface area contributed by atoms with Gasteiger partial charge in [0, 0.05) is 30.4 Å². The van der Waals surface area contributed by atoms with Gasteiger partial charge in [0.2, 0.25) is 5.91 Å². The average Bonchev–Trinajstić information content (AvgIpc) is 2.63. The Hall–Kier alpha value is -1.88. The van der Waals surface area contributed by atoms with Crippen LogP contribution in [0.3, 0.4) is 0 Å². The summed E-state index contributed by atoms with van der Waals surface area (Å²) in [6.45, 7) is 8.90. The Kier molecular flexibility index (Phi) is 7.44. The van der Waals surface area contributed by atoms with Crippen molar-refractivity contribution in [2.24, 2.45) is 0 Å². The van der Waals surface area contributed by atoms with E-state index in [0.717, 1.165) is 19.4 Å². The van der Waals surface area contributed by atoms with Crippen LogP contribution in [0.5, 0.6) is 0 Å². The van der Waals surface area contributed by atoms with E-state index in [1.54, 1.807) is 17.0 Å². The summed E-state index contributed by atoms with van der Waals surface area (Å²) in [4.78, 5) is 28.9. The molecule has 1 aromatic rings. The van der Waals surface area contributed by atoms with Crippen LogP contribution in [0.25, 0.3) is 0 Å². The van der Waals surface area contributed by atoms with Crippen molar-refractivity contribution in [3.05, 3.63) is 29.8 Å². The van der Waals surface area contributed by atoms with Crippen molar-refractivity contribution in [3.63, 3.8) is 0 Å². The molecule has 1 atom stereocenters. The Morgan fingerprint density at radius 2 is 1.96 bits per heavy atom. The Bertz CT molecular complexity index is 584. The third kappa shape index (κ3) is 5.30. The maximum atomic E-state index is 12.4. The first-order chi connectivity index (χ1) is 12.1. The van der Waals surface area contributed by atoms with Gasteiger partial charge in [-0.2, -0.15) is 0 Å². The van der Waals surface area contributed by atoms with Gasteiger partial charge in [-0.15, -0.1) is 0 Å². The van der Waals surface area contributed by atoms with E-state index >= 15 is 0 Å².